The zero-order valence-corrected chi connectivity index (χ0v) is 15.4. The van der Waals surface area contributed by atoms with E-state index in [0.29, 0.717) is 30.3 Å². The normalized spacial score (nSPS) is 21.3. The average molecular weight is 351 g/mol. The smallest absolute Gasteiger partial charge is 0.261 e. The Kier molecular flexibility index (Phi) is 4.64. The highest BCUT2D eigenvalue weighted by molar-refractivity contribution is 5.77. The number of hydrogen-bond acceptors (Lipinski definition) is 4. The minimum Gasteiger partial charge on any atom is -0.467 e. The number of nitrogens with zero attached hydrogens (tertiary/aromatic N) is 3. The van der Waals surface area contributed by atoms with E-state index in [1.165, 1.54) is 6.42 Å². The van der Waals surface area contributed by atoms with Gasteiger partial charge in [0.25, 0.3) is 5.56 Å². The molecule has 26 heavy (non-hydrogen) atoms. The first kappa shape index (κ1) is 17.0. The lowest BCUT2D eigenvalue weighted by atomic mass is 9.92. The van der Waals surface area contributed by atoms with Crippen molar-refractivity contribution in [2.24, 2.45) is 11.8 Å². The predicted octanol–water partition coefficient (Wildman–Crippen LogP) is 3.52. The monoisotopic (exact) mass is 351 g/mol. The van der Waals surface area contributed by atoms with Crippen LogP contribution in [0.5, 0.6) is 0 Å². The van der Waals surface area contributed by atoms with Crippen molar-refractivity contribution in [3.05, 3.63) is 64.6 Å². The summed E-state index contributed by atoms with van der Waals surface area (Å²) >= 11 is 0. The van der Waals surface area contributed by atoms with E-state index in [1.807, 2.05) is 36.4 Å². The highest BCUT2D eigenvalue weighted by Gasteiger charge is 2.23. The van der Waals surface area contributed by atoms with Crippen LogP contribution in [-0.4, -0.2) is 27.5 Å². The van der Waals surface area contributed by atoms with Crippen molar-refractivity contribution in [2.75, 3.05) is 13.1 Å². The molecule has 2 atom stereocenters. The van der Waals surface area contributed by atoms with Crippen molar-refractivity contribution in [1.82, 2.24) is 14.5 Å². The topological polar surface area (TPSA) is 51.3 Å². The van der Waals surface area contributed by atoms with E-state index in [4.69, 9.17) is 9.40 Å². The first-order valence-corrected chi connectivity index (χ1v) is 9.33. The highest BCUT2D eigenvalue weighted by atomic mass is 16.3. The molecule has 4 rings (SSSR count). The Labute approximate surface area is 153 Å². The third-order valence-electron chi connectivity index (χ3n) is 5.14. The lowest BCUT2D eigenvalue weighted by molar-refractivity contribution is 0.129. The molecule has 1 aliphatic rings. The van der Waals surface area contributed by atoms with Crippen LogP contribution in [0.15, 0.2) is 51.9 Å². The predicted molar refractivity (Wildman–Crippen MR) is 102 cm³/mol. The van der Waals surface area contributed by atoms with Gasteiger partial charge in [-0.25, -0.2) is 4.98 Å². The molecule has 1 saturated heterocycles. The highest BCUT2D eigenvalue weighted by Crippen LogP contribution is 2.22. The molecule has 5 heteroatoms. The van der Waals surface area contributed by atoms with Crippen LogP contribution in [0.25, 0.3) is 10.9 Å². The number of rotatable bonds is 4. The zero-order valence-electron chi connectivity index (χ0n) is 15.4. The molecule has 2 aromatic heterocycles. The van der Waals surface area contributed by atoms with Crippen LogP contribution < -0.4 is 5.56 Å². The molecule has 0 N–H and O–H groups in total. The Balaban J connectivity index is 1.75. The summed E-state index contributed by atoms with van der Waals surface area (Å²) in [7, 11) is 0. The molecule has 136 valence electrons. The van der Waals surface area contributed by atoms with Crippen molar-refractivity contribution < 1.29 is 4.42 Å². The van der Waals surface area contributed by atoms with Gasteiger partial charge in [-0.05, 0) is 42.5 Å². The second-order valence-corrected chi connectivity index (χ2v) is 7.66. The van der Waals surface area contributed by atoms with Crippen LogP contribution in [0.3, 0.4) is 0 Å². The number of aromatic nitrogens is 2. The van der Waals surface area contributed by atoms with Crippen LogP contribution in [0.1, 0.15) is 31.9 Å². The Morgan fingerprint density at radius 3 is 2.58 bits per heavy atom. The Bertz CT molecular complexity index is 936. The van der Waals surface area contributed by atoms with Gasteiger partial charge in [-0.3, -0.25) is 14.3 Å². The number of fused-ring (bicyclic) bond motifs is 1. The van der Waals surface area contributed by atoms with E-state index < -0.39 is 0 Å². The van der Waals surface area contributed by atoms with Gasteiger partial charge in [0.15, 0.2) is 0 Å². The van der Waals surface area contributed by atoms with Gasteiger partial charge in [-0.15, -0.1) is 0 Å². The maximum atomic E-state index is 13.1. The third-order valence-corrected chi connectivity index (χ3v) is 5.14. The minimum absolute atomic E-state index is 0.0000985. The minimum atomic E-state index is 0.0000985. The van der Waals surface area contributed by atoms with E-state index in [0.717, 1.165) is 30.2 Å². The molecule has 0 spiro atoms. The summed E-state index contributed by atoms with van der Waals surface area (Å²) in [5.41, 5.74) is 0.765. The summed E-state index contributed by atoms with van der Waals surface area (Å²) in [5.74, 6) is 2.92. The molecule has 0 unspecified atom stereocenters. The first-order valence-electron chi connectivity index (χ1n) is 9.33. The molecular weight excluding hydrogens is 326 g/mol. The third kappa shape index (κ3) is 3.44. The maximum Gasteiger partial charge on any atom is 0.261 e. The van der Waals surface area contributed by atoms with Gasteiger partial charge in [-0.1, -0.05) is 26.0 Å². The molecule has 1 aliphatic heterocycles. The molecule has 0 amide bonds. The largest absolute Gasteiger partial charge is 0.467 e. The van der Waals surface area contributed by atoms with Crippen LogP contribution in [-0.2, 0) is 13.1 Å². The van der Waals surface area contributed by atoms with E-state index in [9.17, 15) is 4.79 Å². The number of benzene rings is 1. The van der Waals surface area contributed by atoms with Crippen molar-refractivity contribution >= 4 is 10.9 Å². The van der Waals surface area contributed by atoms with Gasteiger partial charge in [-0.2, -0.15) is 0 Å². The fourth-order valence-corrected chi connectivity index (χ4v) is 4.18. The van der Waals surface area contributed by atoms with Gasteiger partial charge in [0.2, 0.25) is 0 Å². The maximum absolute atomic E-state index is 13.1. The van der Waals surface area contributed by atoms with Crippen molar-refractivity contribution in [2.45, 2.75) is 33.4 Å². The fourth-order valence-electron chi connectivity index (χ4n) is 4.18. The molecule has 0 bridgehead atoms. The molecule has 5 nitrogen and oxygen atoms in total. The molecule has 0 saturated carbocycles. The van der Waals surface area contributed by atoms with Crippen molar-refractivity contribution in [3.8, 4) is 0 Å². The molecule has 1 fully saturated rings. The lowest BCUT2D eigenvalue weighted by Crippen LogP contribution is -2.40. The summed E-state index contributed by atoms with van der Waals surface area (Å²) in [6, 6.07) is 11.3. The van der Waals surface area contributed by atoms with Gasteiger partial charge >= 0.3 is 0 Å². The number of piperidine rings is 1. The van der Waals surface area contributed by atoms with Gasteiger partial charge in [0.05, 0.1) is 30.3 Å². The second-order valence-electron chi connectivity index (χ2n) is 7.66. The summed E-state index contributed by atoms with van der Waals surface area (Å²) in [4.78, 5) is 20.4. The number of para-hydroxylation sites is 1. The standard InChI is InChI=1S/C21H25N3O2/c1-15-10-16(2)12-23(11-15)14-20-22-19-8-4-3-7-18(19)21(25)24(20)13-17-6-5-9-26-17/h3-9,15-16H,10-14H2,1-2H3/t15-,16-/m0/s1. The Morgan fingerprint density at radius 2 is 1.85 bits per heavy atom. The number of likely N-dealkylation sites (tertiary alicyclic amines) is 1. The molecule has 3 heterocycles. The molecular formula is C21H25N3O2. The number of hydrogen-bond donors (Lipinski definition) is 0. The van der Waals surface area contributed by atoms with E-state index in [1.54, 1.807) is 10.8 Å². The molecule has 0 aliphatic carbocycles. The quantitative estimate of drug-likeness (QED) is 0.722. The summed E-state index contributed by atoms with van der Waals surface area (Å²) in [6.07, 6.45) is 2.91. The lowest BCUT2D eigenvalue weighted by Gasteiger charge is -2.35. The van der Waals surface area contributed by atoms with Crippen molar-refractivity contribution in [3.63, 3.8) is 0 Å². The van der Waals surface area contributed by atoms with Crippen LogP contribution in [0, 0.1) is 11.8 Å². The Morgan fingerprint density at radius 1 is 1.08 bits per heavy atom. The fraction of sp³-hybridized carbons (Fsp3) is 0.429. The van der Waals surface area contributed by atoms with E-state index in [-0.39, 0.29) is 5.56 Å². The van der Waals surface area contributed by atoms with Crippen LogP contribution >= 0.6 is 0 Å². The van der Waals surface area contributed by atoms with Crippen LogP contribution in [0.4, 0.5) is 0 Å². The van der Waals surface area contributed by atoms with Crippen molar-refractivity contribution in [1.29, 1.82) is 0 Å². The molecule has 1 aromatic carbocycles. The Hall–Kier alpha value is -2.40. The van der Waals surface area contributed by atoms with Gasteiger partial charge in [0.1, 0.15) is 11.6 Å². The van der Waals surface area contributed by atoms with Gasteiger partial charge < -0.3 is 4.42 Å². The second kappa shape index (κ2) is 7.08. The van der Waals surface area contributed by atoms with Gasteiger partial charge in [0, 0.05) is 13.1 Å². The van der Waals surface area contributed by atoms with Crippen LogP contribution in [0.2, 0.25) is 0 Å². The van der Waals surface area contributed by atoms with E-state index >= 15 is 0 Å². The zero-order chi connectivity index (χ0) is 18.1. The first-order chi connectivity index (χ1) is 12.6. The summed E-state index contributed by atoms with van der Waals surface area (Å²) in [5, 5.41) is 0.656. The average Bonchev–Trinajstić information content (AvgIpc) is 3.11. The summed E-state index contributed by atoms with van der Waals surface area (Å²) < 4.78 is 7.25. The SMILES string of the molecule is C[C@H]1C[C@H](C)CN(Cc2nc3ccccc3c(=O)n2Cc2ccco2)C1. The molecule has 0 radical (unpaired) electrons. The number of furan rings is 1. The molecule has 3 aromatic rings. The van der Waals surface area contributed by atoms with E-state index in [2.05, 4.69) is 18.7 Å². The summed E-state index contributed by atoms with van der Waals surface area (Å²) in [6.45, 7) is 7.80.